The van der Waals surface area contributed by atoms with Gasteiger partial charge in [-0.1, -0.05) is 0 Å². The lowest BCUT2D eigenvalue weighted by molar-refractivity contribution is 0.0705. The van der Waals surface area contributed by atoms with E-state index in [2.05, 4.69) is 52.1 Å². The zero-order chi connectivity index (χ0) is 30.2. The number of aryl methyl sites for hydroxylation is 3. The molecule has 0 bridgehead atoms. The van der Waals surface area contributed by atoms with Crippen LogP contribution in [0.5, 0.6) is 5.75 Å². The van der Waals surface area contributed by atoms with Gasteiger partial charge in [0.2, 0.25) is 0 Å². The van der Waals surface area contributed by atoms with Crippen LogP contribution in [0.3, 0.4) is 0 Å². The Morgan fingerprint density at radius 3 is 2.31 bits per heavy atom. The van der Waals surface area contributed by atoms with Gasteiger partial charge < -0.3 is 19.9 Å². The molecular weight excluding hydrogens is 530 g/mol. The summed E-state index contributed by atoms with van der Waals surface area (Å²) in [6, 6.07) is 14.4. The van der Waals surface area contributed by atoms with Gasteiger partial charge in [0.05, 0.1) is 7.11 Å². The second-order valence-corrected chi connectivity index (χ2v) is 11.2. The van der Waals surface area contributed by atoms with Crippen LogP contribution in [-0.2, 0) is 6.54 Å². The molecule has 4 rings (SSSR count). The molecule has 0 aliphatic carbocycles. The fraction of sp³-hybridized carbons (Fsp3) is 0.424. The van der Waals surface area contributed by atoms with Crippen molar-refractivity contribution in [1.82, 2.24) is 20.7 Å². The van der Waals surface area contributed by atoms with E-state index in [0.29, 0.717) is 40.9 Å². The normalized spacial score (nSPS) is 14.7. The van der Waals surface area contributed by atoms with E-state index in [4.69, 9.17) is 9.94 Å². The zero-order valence-corrected chi connectivity index (χ0v) is 25.3. The van der Waals surface area contributed by atoms with E-state index in [0.717, 1.165) is 44.6 Å². The average molecular weight is 574 g/mol. The number of piperidine rings is 1. The summed E-state index contributed by atoms with van der Waals surface area (Å²) >= 11 is 0. The summed E-state index contributed by atoms with van der Waals surface area (Å²) in [5, 5.41) is 12.0. The van der Waals surface area contributed by atoms with Gasteiger partial charge in [0.1, 0.15) is 5.75 Å². The largest absolute Gasteiger partial charge is 0.497 e. The number of methoxy groups -OCH3 is 1. The molecule has 0 saturated carbocycles. The SMILES string of the molecule is COc1ccc(N(Cc2cnccc2C)C2CCN(C(C)CCNC(=O)c3c(C)cc(C(=O)NO)cc3C)CC2)cc1. The molecule has 1 fully saturated rings. The molecule has 1 aliphatic heterocycles. The predicted molar refractivity (Wildman–Crippen MR) is 164 cm³/mol. The van der Waals surface area contributed by atoms with Gasteiger partial charge in [-0.05, 0) is 112 Å². The topological polar surface area (TPSA) is 107 Å². The highest BCUT2D eigenvalue weighted by molar-refractivity contribution is 6.00. The van der Waals surface area contributed by atoms with Crippen molar-refractivity contribution in [3.05, 3.63) is 88.2 Å². The summed E-state index contributed by atoms with van der Waals surface area (Å²) in [5.74, 6) is 0.112. The van der Waals surface area contributed by atoms with Crippen LogP contribution in [0.15, 0.2) is 54.9 Å². The van der Waals surface area contributed by atoms with Crippen molar-refractivity contribution in [2.75, 3.05) is 31.6 Å². The standard InChI is InChI=1S/C33H43N5O4/c1-22-10-14-34-20-27(22)21-38(28-6-8-30(42-5)9-7-28)29-12-16-37(17-13-29)25(4)11-15-35-33(40)31-23(2)18-26(19-24(31)3)32(39)36-41/h6-10,14,18-20,25,29,41H,11-13,15-17,21H2,1-5H3,(H,35,40)(H,36,39). The number of hydrogen-bond acceptors (Lipinski definition) is 7. The number of nitrogens with one attached hydrogen (secondary N) is 2. The summed E-state index contributed by atoms with van der Waals surface area (Å²) in [5.41, 5.74) is 7.59. The first-order chi connectivity index (χ1) is 20.2. The Morgan fingerprint density at radius 2 is 1.71 bits per heavy atom. The lowest BCUT2D eigenvalue weighted by Gasteiger charge is -2.42. The molecule has 3 aromatic rings. The van der Waals surface area contributed by atoms with Gasteiger partial charge in [-0.2, -0.15) is 0 Å². The minimum absolute atomic E-state index is 0.146. The number of nitrogens with zero attached hydrogens (tertiary/aromatic N) is 3. The highest BCUT2D eigenvalue weighted by Gasteiger charge is 2.28. The summed E-state index contributed by atoms with van der Waals surface area (Å²) < 4.78 is 5.39. The lowest BCUT2D eigenvalue weighted by atomic mass is 9.98. The summed E-state index contributed by atoms with van der Waals surface area (Å²) in [4.78, 5) is 34.1. The molecule has 0 radical (unpaired) electrons. The first-order valence-electron chi connectivity index (χ1n) is 14.6. The highest BCUT2D eigenvalue weighted by Crippen LogP contribution is 2.29. The molecule has 42 heavy (non-hydrogen) atoms. The quantitative estimate of drug-likeness (QED) is 0.223. The van der Waals surface area contributed by atoms with Crippen molar-refractivity contribution >= 4 is 17.5 Å². The maximum absolute atomic E-state index is 13.0. The first kappa shape index (κ1) is 31.0. The molecule has 1 unspecified atom stereocenters. The van der Waals surface area contributed by atoms with Crippen LogP contribution >= 0.6 is 0 Å². The number of pyridine rings is 1. The number of hydrogen-bond donors (Lipinski definition) is 3. The number of hydroxylamine groups is 1. The van der Waals surface area contributed by atoms with Gasteiger partial charge in [-0.25, -0.2) is 5.48 Å². The maximum atomic E-state index is 13.0. The Hall–Kier alpha value is -3.95. The van der Waals surface area contributed by atoms with E-state index in [9.17, 15) is 9.59 Å². The predicted octanol–water partition coefficient (Wildman–Crippen LogP) is 4.81. The second-order valence-electron chi connectivity index (χ2n) is 11.2. The van der Waals surface area contributed by atoms with Crippen molar-refractivity contribution in [2.24, 2.45) is 0 Å². The van der Waals surface area contributed by atoms with Gasteiger partial charge in [0.25, 0.3) is 11.8 Å². The summed E-state index contributed by atoms with van der Waals surface area (Å²) in [6.07, 6.45) is 6.76. The van der Waals surface area contributed by atoms with E-state index >= 15 is 0 Å². The molecule has 2 heterocycles. The Kier molecular flexibility index (Phi) is 10.5. The van der Waals surface area contributed by atoms with Crippen LogP contribution in [0.25, 0.3) is 0 Å². The number of likely N-dealkylation sites (tertiary alicyclic amines) is 1. The highest BCUT2D eigenvalue weighted by atomic mass is 16.5. The van der Waals surface area contributed by atoms with Crippen LogP contribution in [0.1, 0.15) is 69.2 Å². The Balaban J connectivity index is 1.33. The number of rotatable bonds is 11. The molecule has 224 valence electrons. The minimum atomic E-state index is -0.593. The van der Waals surface area contributed by atoms with Crippen LogP contribution < -0.4 is 20.4 Å². The van der Waals surface area contributed by atoms with Crippen molar-refractivity contribution in [1.29, 1.82) is 0 Å². The summed E-state index contributed by atoms with van der Waals surface area (Å²) in [7, 11) is 1.69. The number of benzene rings is 2. The molecule has 9 heteroatoms. The Morgan fingerprint density at radius 1 is 1.05 bits per heavy atom. The van der Waals surface area contributed by atoms with Crippen LogP contribution in [0.4, 0.5) is 5.69 Å². The Labute approximate surface area is 248 Å². The van der Waals surface area contributed by atoms with E-state index in [1.807, 2.05) is 24.5 Å². The molecule has 1 atom stereocenters. The monoisotopic (exact) mass is 573 g/mol. The number of anilines is 1. The molecule has 9 nitrogen and oxygen atoms in total. The molecule has 2 amide bonds. The van der Waals surface area contributed by atoms with Crippen LogP contribution in [0, 0.1) is 20.8 Å². The third kappa shape index (κ3) is 7.46. The molecule has 1 aromatic heterocycles. The first-order valence-corrected chi connectivity index (χ1v) is 14.6. The van der Waals surface area contributed by atoms with Gasteiger partial charge >= 0.3 is 0 Å². The van der Waals surface area contributed by atoms with Gasteiger partial charge in [-0.15, -0.1) is 0 Å². The van der Waals surface area contributed by atoms with Crippen LogP contribution in [-0.4, -0.2) is 65.7 Å². The molecular formula is C33H43N5O4. The third-order valence-electron chi connectivity index (χ3n) is 8.43. The molecule has 0 spiro atoms. The van der Waals surface area contributed by atoms with Gasteiger partial charge in [0.15, 0.2) is 0 Å². The van der Waals surface area contributed by atoms with E-state index in [-0.39, 0.29) is 5.91 Å². The zero-order valence-electron chi connectivity index (χ0n) is 25.3. The number of carbonyl (C=O) groups excluding carboxylic acids is 2. The molecule has 1 aliphatic rings. The van der Waals surface area contributed by atoms with Crippen LogP contribution in [0.2, 0.25) is 0 Å². The smallest absolute Gasteiger partial charge is 0.274 e. The Bertz CT molecular complexity index is 1350. The molecule has 3 N–H and O–H groups in total. The summed E-state index contributed by atoms with van der Waals surface area (Å²) in [6.45, 7) is 11.3. The molecule has 1 saturated heterocycles. The lowest BCUT2D eigenvalue weighted by Crippen LogP contribution is -2.48. The molecule has 2 aromatic carbocycles. The number of amides is 2. The van der Waals surface area contributed by atoms with Gasteiger partial charge in [-0.3, -0.25) is 19.8 Å². The fourth-order valence-corrected chi connectivity index (χ4v) is 5.87. The number of carbonyl (C=O) groups is 2. The van der Waals surface area contributed by atoms with E-state index < -0.39 is 5.91 Å². The van der Waals surface area contributed by atoms with Crippen molar-refractivity contribution < 1.29 is 19.5 Å². The van der Waals surface area contributed by atoms with E-state index in [1.165, 1.54) is 16.8 Å². The van der Waals surface area contributed by atoms with Crippen molar-refractivity contribution in [3.8, 4) is 5.75 Å². The van der Waals surface area contributed by atoms with Gasteiger partial charge in [0, 0.05) is 67.5 Å². The second kappa shape index (κ2) is 14.3. The third-order valence-corrected chi connectivity index (χ3v) is 8.43. The van der Waals surface area contributed by atoms with Crippen molar-refractivity contribution in [3.63, 3.8) is 0 Å². The number of aromatic nitrogens is 1. The number of ether oxygens (including phenoxy) is 1. The minimum Gasteiger partial charge on any atom is -0.497 e. The van der Waals surface area contributed by atoms with Crippen molar-refractivity contribution in [2.45, 2.75) is 65.6 Å². The average Bonchev–Trinajstić information content (AvgIpc) is 3.00. The fourth-order valence-electron chi connectivity index (χ4n) is 5.87. The van der Waals surface area contributed by atoms with E-state index in [1.54, 1.807) is 38.6 Å². The maximum Gasteiger partial charge on any atom is 0.274 e.